The van der Waals surface area contributed by atoms with Gasteiger partial charge in [0.25, 0.3) is 0 Å². The number of likely N-dealkylation sites (N-methyl/N-ethyl adjacent to an activating group) is 1. The lowest BCUT2D eigenvalue weighted by atomic mass is 9.96. The minimum atomic E-state index is -0.176. The minimum Gasteiger partial charge on any atom is -0.448 e. The lowest BCUT2D eigenvalue weighted by Crippen LogP contribution is -2.50. The van der Waals surface area contributed by atoms with Crippen molar-refractivity contribution in [3.8, 4) is 0 Å². The van der Waals surface area contributed by atoms with E-state index in [2.05, 4.69) is 82.4 Å². The largest absolute Gasteiger partial charge is 0.448 e. The average molecular weight is 423 g/mol. The van der Waals surface area contributed by atoms with E-state index in [1.807, 2.05) is 4.90 Å². The maximum Gasteiger partial charge on any atom is 0.409 e. The molecular weight excluding hydrogens is 388 g/mol. The number of ether oxygens (including phenoxy) is 1. The topological polar surface area (TPSA) is 39.3 Å². The van der Waals surface area contributed by atoms with E-state index in [0.717, 1.165) is 45.8 Å². The first-order valence-corrected chi connectivity index (χ1v) is 11.4. The number of amides is 1. The van der Waals surface area contributed by atoms with Gasteiger partial charge in [0, 0.05) is 58.9 Å². The maximum atomic E-state index is 12.6. The molecule has 2 heterocycles. The predicted octanol–water partition coefficient (Wildman–Crippen LogP) is 2.78. The second kappa shape index (κ2) is 10.8. The van der Waals surface area contributed by atoms with Crippen molar-refractivity contribution in [2.75, 3.05) is 72.6 Å². The van der Waals surface area contributed by atoms with E-state index >= 15 is 0 Å². The maximum absolute atomic E-state index is 12.6. The van der Waals surface area contributed by atoms with Gasteiger partial charge >= 0.3 is 6.09 Å². The van der Waals surface area contributed by atoms with Crippen LogP contribution >= 0.6 is 0 Å². The highest BCUT2D eigenvalue weighted by atomic mass is 16.6. The molecule has 0 spiro atoms. The number of rotatable bonds is 6. The van der Waals surface area contributed by atoms with Crippen LogP contribution in [0.15, 0.2) is 60.7 Å². The first-order chi connectivity index (χ1) is 15.2. The molecule has 0 radical (unpaired) electrons. The summed E-state index contributed by atoms with van der Waals surface area (Å²) in [7, 11) is 2.15. The van der Waals surface area contributed by atoms with Crippen LogP contribution in [0.2, 0.25) is 0 Å². The smallest absolute Gasteiger partial charge is 0.409 e. The zero-order valence-electron chi connectivity index (χ0n) is 18.5. The molecule has 2 saturated heterocycles. The van der Waals surface area contributed by atoms with E-state index in [0.29, 0.717) is 19.7 Å². The van der Waals surface area contributed by atoms with Crippen molar-refractivity contribution >= 4 is 6.09 Å². The summed E-state index contributed by atoms with van der Waals surface area (Å²) in [4.78, 5) is 21.6. The third kappa shape index (κ3) is 5.85. The van der Waals surface area contributed by atoms with Gasteiger partial charge in [-0.25, -0.2) is 4.79 Å². The number of benzene rings is 2. The van der Waals surface area contributed by atoms with Crippen LogP contribution in [0.3, 0.4) is 0 Å². The lowest BCUT2D eigenvalue weighted by molar-refractivity contribution is 0.0573. The molecule has 2 aromatic carbocycles. The van der Waals surface area contributed by atoms with Crippen LogP contribution < -0.4 is 0 Å². The fourth-order valence-electron chi connectivity index (χ4n) is 4.47. The molecule has 0 unspecified atom stereocenters. The Morgan fingerprint density at radius 3 is 1.90 bits per heavy atom. The number of hydrogen-bond donors (Lipinski definition) is 0. The van der Waals surface area contributed by atoms with Crippen LogP contribution in [0.5, 0.6) is 0 Å². The second-order valence-corrected chi connectivity index (χ2v) is 8.51. The Kier molecular flexibility index (Phi) is 7.57. The van der Waals surface area contributed by atoms with Gasteiger partial charge in [-0.2, -0.15) is 0 Å². The summed E-state index contributed by atoms with van der Waals surface area (Å²) in [6, 6.07) is 21.5. The molecule has 166 valence electrons. The Bertz CT molecular complexity index is 761. The Labute approximate surface area is 186 Å². The summed E-state index contributed by atoms with van der Waals surface area (Å²) in [6.07, 6.45) is -0.176. The monoisotopic (exact) mass is 422 g/mol. The highest BCUT2D eigenvalue weighted by molar-refractivity contribution is 5.67. The zero-order valence-corrected chi connectivity index (χ0v) is 18.5. The van der Waals surface area contributed by atoms with Gasteiger partial charge in [-0.3, -0.25) is 9.80 Å². The number of nitrogens with zero attached hydrogens (tertiary/aromatic N) is 4. The van der Waals surface area contributed by atoms with E-state index in [1.165, 1.54) is 11.1 Å². The normalized spacial score (nSPS) is 19.0. The summed E-state index contributed by atoms with van der Waals surface area (Å²) >= 11 is 0. The van der Waals surface area contributed by atoms with Gasteiger partial charge in [-0.05, 0) is 18.2 Å². The highest BCUT2D eigenvalue weighted by Crippen LogP contribution is 2.29. The molecule has 31 heavy (non-hydrogen) atoms. The highest BCUT2D eigenvalue weighted by Gasteiger charge is 2.28. The zero-order chi connectivity index (χ0) is 21.5. The molecule has 0 atom stereocenters. The summed E-state index contributed by atoms with van der Waals surface area (Å²) in [5.74, 6) is 0. The van der Waals surface area contributed by atoms with Crippen molar-refractivity contribution in [3.05, 3.63) is 71.8 Å². The Hall–Kier alpha value is -2.41. The molecule has 2 aliphatic rings. The standard InChI is InChI=1S/C25H34N4O2/c1-26-12-14-27(15-13-26)20-21-31-25(30)29-18-16-28(17-19-29)24(22-8-4-2-5-9-22)23-10-6-3-7-11-23/h2-11,24H,12-21H2,1H3. The summed E-state index contributed by atoms with van der Waals surface area (Å²) < 4.78 is 5.59. The third-order valence-corrected chi connectivity index (χ3v) is 6.40. The Balaban J connectivity index is 1.29. The van der Waals surface area contributed by atoms with E-state index in [-0.39, 0.29) is 12.1 Å². The Morgan fingerprint density at radius 2 is 1.35 bits per heavy atom. The molecule has 6 heteroatoms. The van der Waals surface area contributed by atoms with Gasteiger partial charge in [0.15, 0.2) is 0 Å². The first-order valence-electron chi connectivity index (χ1n) is 11.4. The molecule has 1 amide bonds. The minimum absolute atomic E-state index is 0.176. The van der Waals surface area contributed by atoms with Crippen LogP contribution in [0.4, 0.5) is 4.79 Å². The number of piperazine rings is 2. The quantitative estimate of drug-likeness (QED) is 0.716. The van der Waals surface area contributed by atoms with E-state index in [1.54, 1.807) is 0 Å². The van der Waals surface area contributed by atoms with E-state index < -0.39 is 0 Å². The molecule has 0 aromatic heterocycles. The molecule has 2 aliphatic heterocycles. The summed E-state index contributed by atoms with van der Waals surface area (Å²) in [5, 5.41) is 0. The van der Waals surface area contributed by atoms with Gasteiger partial charge in [-0.15, -0.1) is 0 Å². The second-order valence-electron chi connectivity index (χ2n) is 8.51. The lowest BCUT2D eigenvalue weighted by Gasteiger charge is -2.39. The number of carbonyl (C=O) groups is 1. The van der Waals surface area contributed by atoms with Crippen molar-refractivity contribution in [3.63, 3.8) is 0 Å². The predicted molar refractivity (Wildman–Crippen MR) is 123 cm³/mol. The van der Waals surface area contributed by atoms with Gasteiger partial charge in [-0.1, -0.05) is 60.7 Å². The average Bonchev–Trinajstić information content (AvgIpc) is 2.82. The van der Waals surface area contributed by atoms with Crippen LogP contribution in [-0.4, -0.2) is 98.3 Å². The molecule has 0 bridgehead atoms. The fraction of sp³-hybridized carbons (Fsp3) is 0.480. The molecule has 0 saturated carbocycles. The van der Waals surface area contributed by atoms with Crippen LogP contribution in [0, 0.1) is 0 Å². The van der Waals surface area contributed by atoms with E-state index in [9.17, 15) is 4.79 Å². The van der Waals surface area contributed by atoms with Gasteiger partial charge in [0.05, 0.1) is 6.04 Å². The molecule has 2 fully saturated rings. The van der Waals surface area contributed by atoms with Crippen LogP contribution in [-0.2, 0) is 4.74 Å². The van der Waals surface area contributed by atoms with Crippen LogP contribution in [0.1, 0.15) is 17.2 Å². The molecule has 0 aliphatic carbocycles. The SMILES string of the molecule is CN1CCN(CCOC(=O)N2CCN(C(c3ccccc3)c3ccccc3)CC2)CC1. The number of carbonyl (C=O) groups excluding carboxylic acids is 1. The van der Waals surface area contributed by atoms with E-state index in [4.69, 9.17) is 4.74 Å². The van der Waals surface area contributed by atoms with Gasteiger partial charge < -0.3 is 14.5 Å². The molecular formula is C25H34N4O2. The molecule has 2 aromatic rings. The number of hydrogen-bond acceptors (Lipinski definition) is 5. The molecule has 0 N–H and O–H groups in total. The Morgan fingerprint density at radius 1 is 0.806 bits per heavy atom. The van der Waals surface area contributed by atoms with Crippen molar-refractivity contribution < 1.29 is 9.53 Å². The first kappa shape index (κ1) is 21.8. The molecule has 6 nitrogen and oxygen atoms in total. The van der Waals surface area contributed by atoms with Crippen molar-refractivity contribution in [1.29, 1.82) is 0 Å². The van der Waals surface area contributed by atoms with Crippen molar-refractivity contribution in [2.24, 2.45) is 0 Å². The van der Waals surface area contributed by atoms with Crippen LogP contribution in [0.25, 0.3) is 0 Å². The fourth-order valence-corrected chi connectivity index (χ4v) is 4.47. The van der Waals surface area contributed by atoms with Crippen molar-refractivity contribution in [1.82, 2.24) is 19.6 Å². The molecule has 4 rings (SSSR count). The van der Waals surface area contributed by atoms with Crippen molar-refractivity contribution in [2.45, 2.75) is 6.04 Å². The third-order valence-electron chi connectivity index (χ3n) is 6.40. The van der Waals surface area contributed by atoms with Gasteiger partial charge in [0.2, 0.25) is 0 Å². The summed E-state index contributed by atoms with van der Waals surface area (Å²) in [5.41, 5.74) is 2.58. The van der Waals surface area contributed by atoms with Gasteiger partial charge in [0.1, 0.15) is 6.61 Å². The summed E-state index contributed by atoms with van der Waals surface area (Å²) in [6.45, 7) is 8.63.